The summed E-state index contributed by atoms with van der Waals surface area (Å²) in [4.78, 5) is 22.8. The van der Waals surface area contributed by atoms with E-state index in [1.807, 2.05) is 0 Å². The van der Waals surface area contributed by atoms with Crippen LogP contribution in [0, 0.1) is 5.82 Å². The van der Waals surface area contributed by atoms with Crippen molar-refractivity contribution >= 4 is 17.6 Å². The Labute approximate surface area is 151 Å². The molecular formula is C18H15F4NO4. The molecule has 0 saturated heterocycles. The van der Waals surface area contributed by atoms with Crippen LogP contribution in [-0.4, -0.2) is 17.0 Å². The van der Waals surface area contributed by atoms with E-state index in [9.17, 15) is 32.3 Å². The minimum absolute atomic E-state index is 0.0145. The fourth-order valence-electron chi connectivity index (χ4n) is 2.24. The van der Waals surface area contributed by atoms with Gasteiger partial charge in [0.1, 0.15) is 18.2 Å². The van der Waals surface area contributed by atoms with E-state index in [4.69, 9.17) is 4.74 Å². The Morgan fingerprint density at radius 1 is 1.15 bits per heavy atom. The van der Waals surface area contributed by atoms with Crippen molar-refractivity contribution in [1.29, 1.82) is 0 Å². The van der Waals surface area contributed by atoms with Crippen molar-refractivity contribution < 1.29 is 37.0 Å². The normalized spacial score (nSPS) is 11.1. The lowest BCUT2D eigenvalue weighted by Crippen LogP contribution is -2.14. The average molecular weight is 385 g/mol. The fourth-order valence-corrected chi connectivity index (χ4v) is 2.24. The predicted molar refractivity (Wildman–Crippen MR) is 88.1 cm³/mol. The van der Waals surface area contributed by atoms with E-state index in [0.29, 0.717) is 6.07 Å². The standard InChI is InChI=1S/C18H15F4NO4/c1-2-16(24)23-15-6-5-12(8-13(15)17(25)26)27-9-10-3-4-11(19)7-14(10)18(20,21)22/h3-8H,2,9H2,1H3,(H,23,24)(H,25,26). The largest absolute Gasteiger partial charge is 0.489 e. The summed E-state index contributed by atoms with van der Waals surface area (Å²) in [6, 6.07) is 5.87. The number of carbonyl (C=O) groups is 2. The number of carboxylic acids is 1. The van der Waals surface area contributed by atoms with Gasteiger partial charge in [-0.2, -0.15) is 13.2 Å². The van der Waals surface area contributed by atoms with Gasteiger partial charge in [0.15, 0.2) is 0 Å². The summed E-state index contributed by atoms with van der Waals surface area (Å²) in [6.07, 6.45) is -4.62. The molecule has 2 aromatic rings. The first-order valence-electron chi connectivity index (χ1n) is 7.77. The number of nitrogens with one attached hydrogen (secondary N) is 1. The molecule has 0 unspecified atom stereocenters. The van der Waals surface area contributed by atoms with E-state index in [1.165, 1.54) is 12.1 Å². The number of ether oxygens (including phenoxy) is 1. The third-order valence-corrected chi connectivity index (χ3v) is 3.59. The van der Waals surface area contributed by atoms with Gasteiger partial charge in [0.25, 0.3) is 0 Å². The molecule has 9 heteroatoms. The zero-order valence-corrected chi connectivity index (χ0v) is 14.1. The summed E-state index contributed by atoms with van der Waals surface area (Å²) < 4.78 is 57.3. The summed E-state index contributed by atoms with van der Waals surface area (Å²) in [5.74, 6) is -2.79. The Hall–Kier alpha value is -3.10. The lowest BCUT2D eigenvalue weighted by Gasteiger charge is -2.15. The Morgan fingerprint density at radius 2 is 1.85 bits per heavy atom. The molecular weight excluding hydrogens is 370 g/mol. The van der Waals surface area contributed by atoms with Crippen LogP contribution >= 0.6 is 0 Å². The number of halogens is 4. The van der Waals surface area contributed by atoms with Crippen LogP contribution in [0.15, 0.2) is 36.4 Å². The summed E-state index contributed by atoms with van der Waals surface area (Å²) in [5, 5.41) is 11.7. The molecule has 0 saturated carbocycles. The molecule has 0 spiro atoms. The molecule has 0 aliphatic heterocycles. The number of aromatic carboxylic acids is 1. The maximum Gasteiger partial charge on any atom is 0.416 e. The summed E-state index contributed by atoms with van der Waals surface area (Å²) in [7, 11) is 0. The van der Waals surface area contributed by atoms with Gasteiger partial charge in [-0.1, -0.05) is 13.0 Å². The van der Waals surface area contributed by atoms with Crippen LogP contribution < -0.4 is 10.1 Å². The highest BCUT2D eigenvalue weighted by Crippen LogP contribution is 2.33. The van der Waals surface area contributed by atoms with Crippen molar-refractivity contribution in [2.75, 3.05) is 5.32 Å². The van der Waals surface area contributed by atoms with Gasteiger partial charge in [-0.25, -0.2) is 9.18 Å². The molecule has 2 aromatic carbocycles. The number of carbonyl (C=O) groups excluding carboxylic acids is 1. The van der Waals surface area contributed by atoms with Crippen molar-refractivity contribution in [3.05, 3.63) is 58.9 Å². The molecule has 27 heavy (non-hydrogen) atoms. The Balaban J connectivity index is 2.25. The molecule has 0 aliphatic rings. The van der Waals surface area contributed by atoms with Gasteiger partial charge in [0.2, 0.25) is 5.91 Å². The zero-order valence-electron chi connectivity index (χ0n) is 14.1. The van der Waals surface area contributed by atoms with Gasteiger partial charge in [-0.3, -0.25) is 4.79 Å². The first-order valence-corrected chi connectivity index (χ1v) is 7.77. The monoisotopic (exact) mass is 385 g/mol. The third kappa shape index (κ3) is 5.19. The SMILES string of the molecule is CCC(=O)Nc1ccc(OCc2ccc(F)cc2C(F)(F)F)cc1C(=O)O. The smallest absolute Gasteiger partial charge is 0.416 e. The maximum atomic E-state index is 13.1. The molecule has 144 valence electrons. The maximum absolute atomic E-state index is 13.1. The van der Waals surface area contributed by atoms with Gasteiger partial charge < -0.3 is 15.2 Å². The zero-order chi connectivity index (χ0) is 20.2. The lowest BCUT2D eigenvalue weighted by atomic mass is 10.1. The molecule has 0 fully saturated rings. The van der Waals surface area contributed by atoms with Crippen LogP contribution in [0.1, 0.15) is 34.8 Å². The van der Waals surface area contributed by atoms with Crippen molar-refractivity contribution in [1.82, 2.24) is 0 Å². The van der Waals surface area contributed by atoms with Crippen molar-refractivity contribution in [2.45, 2.75) is 26.1 Å². The first kappa shape index (κ1) is 20.2. The van der Waals surface area contributed by atoms with Crippen LogP contribution in [0.3, 0.4) is 0 Å². The number of hydrogen-bond donors (Lipinski definition) is 2. The van der Waals surface area contributed by atoms with E-state index >= 15 is 0 Å². The van der Waals surface area contributed by atoms with Crippen LogP contribution in [0.5, 0.6) is 5.75 Å². The number of amides is 1. The molecule has 0 aliphatic carbocycles. The molecule has 0 bridgehead atoms. The van der Waals surface area contributed by atoms with Gasteiger partial charge >= 0.3 is 12.1 Å². The molecule has 2 rings (SSSR count). The fraction of sp³-hybridized carbons (Fsp3) is 0.222. The minimum Gasteiger partial charge on any atom is -0.489 e. The van der Waals surface area contributed by atoms with Crippen LogP contribution in [0.4, 0.5) is 23.2 Å². The Morgan fingerprint density at radius 3 is 2.44 bits per heavy atom. The van der Waals surface area contributed by atoms with E-state index in [2.05, 4.69) is 5.32 Å². The Bertz CT molecular complexity index is 865. The van der Waals surface area contributed by atoms with Crippen LogP contribution in [-0.2, 0) is 17.6 Å². The van der Waals surface area contributed by atoms with E-state index < -0.39 is 36.0 Å². The number of carboxylic acid groups (broad SMARTS) is 1. The summed E-state index contributed by atoms with van der Waals surface area (Å²) >= 11 is 0. The Kier molecular flexibility index (Phi) is 6.04. The number of rotatable bonds is 6. The minimum atomic E-state index is -4.76. The third-order valence-electron chi connectivity index (χ3n) is 3.59. The first-order chi connectivity index (χ1) is 12.6. The molecule has 2 N–H and O–H groups in total. The second-order valence-corrected chi connectivity index (χ2v) is 5.50. The van der Waals surface area contributed by atoms with Gasteiger partial charge in [-0.05, 0) is 30.3 Å². The van der Waals surface area contributed by atoms with E-state index in [0.717, 1.165) is 18.2 Å². The van der Waals surface area contributed by atoms with E-state index in [1.54, 1.807) is 6.92 Å². The number of anilines is 1. The number of benzene rings is 2. The molecule has 0 atom stereocenters. The van der Waals surface area contributed by atoms with Crippen molar-refractivity contribution in [3.8, 4) is 5.75 Å². The van der Waals surface area contributed by atoms with Gasteiger partial charge in [0.05, 0.1) is 16.8 Å². The molecule has 0 heterocycles. The highest BCUT2D eigenvalue weighted by Gasteiger charge is 2.33. The topological polar surface area (TPSA) is 75.6 Å². The average Bonchev–Trinajstić information content (AvgIpc) is 2.60. The molecule has 0 aromatic heterocycles. The van der Waals surface area contributed by atoms with Crippen LogP contribution in [0.25, 0.3) is 0 Å². The molecule has 0 radical (unpaired) electrons. The van der Waals surface area contributed by atoms with Crippen molar-refractivity contribution in [3.63, 3.8) is 0 Å². The second-order valence-electron chi connectivity index (χ2n) is 5.50. The highest BCUT2D eigenvalue weighted by atomic mass is 19.4. The van der Waals surface area contributed by atoms with Crippen LogP contribution in [0.2, 0.25) is 0 Å². The molecule has 5 nitrogen and oxygen atoms in total. The molecule has 1 amide bonds. The van der Waals surface area contributed by atoms with Gasteiger partial charge in [0, 0.05) is 12.0 Å². The van der Waals surface area contributed by atoms with Crippen molar-refractivity contribution in [2.24, 2.45) is 0 Å². The number of hydrogen-bond acceptors (Lipinski definition) is 3. The predicted octanol–water partition coefficient (Wildman–Crippen LogP) is 4.47. The highest BCUT2D eigenvalue weighted by molar-refractivity contribution is 6.00. The quantitative estimate of drug-likeness (QED) is 0.720. The second kappa shape index (κ2) is 8.07. The van der Waals surface area contributed by atoms with E-state index in [-0.39, 0.29) is 29.0 Å². The lowest BCUT2D eigenvalue weighted by molar-refractivity contribution is -0.138. The van der Waals surface area contributed by atoms with Gasteiger partial charge in [-0.15, -0.1) is 0 Å². The summed E-state index contributed by atoms with van der Waals surface area (Å²) in [5.41, 5.74) is -1.71. The summed E-state index contributed by atoms with van der Waals surface area (Å²) in [6.45, 7) is 1.04. The number of alkyl halides is 3.